The second-order valence-electron chi connectivity index (χ2n) is 6.67. The van der Waals surface area contributed by atoms with Gasteiger partial charge in [0.15, 0.2) is 6.61 Å². The van der Waals surface area contributed by atoms with Crippen LogP contribution in [0.3, 0.4) is 0 Å². The maximum Gasteiger partial charge on any atom is 0.265 e. The van der Waals surface area contributed by atoms with Gasteiger partial charge in [-0.05, 0) is 35.4 Å². The minimum absolute atomic E-state index is 0.00531. The van der Waals surface area contributed by atoms with Gasteiger partial charge in [-0.3, -0.25) is 9.59 Å². The highest BCUT2D eigenvalue weighted by molar-refractivity contribution is 6.03. The molecule has 0 spiro atoms. The van der Waals surface area contributed by atoms with Crippen LogP contribution in [0.2, 0.25) is 0 Å². The molecule has 3 aromatic rings. The average molecular weight is 384 g/mol. The molecule has 0 aromatic heterocycles. The number of rotatable bonds is 5. The third-order valence-corrected chi connectivity index (χ3v) is 4.58. The first-order valence-electron chi connectivity index (χ1n) is 9.34. The van der Waals surface area contributed by atoms with Crippen LogP contribution >= 0.6 is 0 Å². The topological polar surface area (TPSA) is 58.6 Å². The molecule has 2 amide bonds. The smallest absolute Gasteiger partial charge is 0.265 e. The molecule has 0 saturated carbocycles. The average Bonchev–Trinajstić information content (AvgIpc) is 2.76. The van der Waals surface area contributed by atoms with E-state index in [1.807, 2.05) is 60.7 Å². The molecule has 5 heteroatoms. The van der Waals surface area contributed by atoms with E-state index in [9.17, 15) is 9.59 Å². The summed E-state index contributed by atoms with van der Waals surface area (Å²) in [6, 6.07) is 24.7. The number of carbonyl (C=O) groups is 2. The fourth-order valence-corrected chi connectivity index (χ4v) is 3.14. The molecular weight excluding hydrogens is 364 g/mol. The first-order valence-corrected chi connectivity index (χ1v) is 9.34. The summed E-state index contributed by atoms with van der Waals surface area (Å²) in [5, 5.41) is 2.84. The van der Waals surface area contributed by atoms with E-state index >= 15 is 0 Å². The summed E-state index contributed by atoms with van der Waals surface area (Å²) in [4.78, 5) is 26.4. The third kappa shape index (κ3) is 4.52. The molecule has 0 bridgehead atoms. The summed E-state index contributed by atoms with van der Waals surface area (Å²) in [5.41, 5.74) is 3.22. The third-order valence-electron chi connectivity index (χ3n) is 4.58. The van der Waals surface area contributed by atoms with Gasteiger partial charge in [0, 0.05) is 11.8 Å². The van der Waals surface area contributed by atoms with Gasteiger partial charge in [0.05, 0.1) is 12.2 Å². The summed E-state index contributed by atoms with van der Waals surface area (Å²) in [6.45, 7) is 0.451. The standard InChI is InChI=1S/C24H20N2O3/c27-23(14-11-18-7-3-1-4-8-18)25-20-12-13-22-21(15-20)26(24(28)17-29-22)16-19-9-5-2-6-10-19/h1-15H,16-17H2,(H,25,27)/b14-11+. The number of hydrogen-bond acceptors (Lipinski definition) is 3. The second kappa shape index (κ2) is 8.44. The molecule has 1 heterocycles. The first kappa shape index (κ1) is 18.5. The largest absolute Gasteiger partial charge is 0.482 e. The molecule has 1 N–H and O–H groups in total. The summed E-state index contributed by atoms with van der Waals surface area (Å²) in [7, 11) is 0. The minimum Gasteiger partial charge on any atom is -0.482 e. The van der Waals surface area contributed by atoms with Crippen molar-refractivity contribution in [3.8, 4) is 5.75 Å². The van der Waals surface area contributed by atoms with Crippen LogP contribution < -0.4 is 15.0 Å². The molecule has 0 atom stereocenters. The summed E-state index contributed by atoms with van der Waals surface area (Å²) >= 11 is 0. The zero-order valence-corrected chi connectivity index (χ0v) is 15.7. The Bertz CT molecular complexity index is 1050. The Hall–Kier alpha value is -3.86. The molecule has 144 valence electrons. The van der Waals surface area contributed by atoms with Crippen LogP contribution in [0.25, 0.3) is 6.08 Å². The molecule has 0 fully saturated rings. The van der Waals surface area contributed by atoms with Crippen LogP contribution in [-0.4, -0.2) is 18.4 Å². The number of nitrogens with zero attached hydrogens (tertiary/aromatic N) is 1. The molecule has 4 rings (SSSR count). The van der Waals surface area contributed by atoms with Gasteiger partial charge in [0.1, 0.15) is 5.75 Å². The molecule has 0 aliphatic carbocycles. The predicted molar refractivity (Wildman–Crippen MR) is 114 cm³/mol. The van der Waals surface area contributed by atoms with Gasteiger partial charge in [0.25, 0.3) is 5.91 Å². The number of ether oxygens (including phenoxy) is 1. The Morgan fingerprint density at radius 2 is 1.72 bits per heavy atom. The van der Waals surface area contributed by atoms with Crippen molar-refractivity contribution < 1.29 is 14.3 Å². The predicted octanol–water partition coefficient (Wildman–Crippen LogP) is 4.26. The van der Waals surface area contributed by atoms with E-state index in [1.165, 1.54) is 6.08 Å². The molecule has 1 aliphatic rings. The van der Waals surface area contributed by atoms with E-state index in [4.69, 9.17) is 4.74 Å². The molecule has 1 aliphatic heterocycles. The number of nitrogens with one attached hydrogen (secondary N) is 1. The molecule has 0 radical (unpaired) electrons. The molecule has 29 heavy (non-hydrogen) atoms. The SMILES string of the molecule is O=C(/C=C/c1ccccc1)Nc1ccc2c(c1)N(Cc1ccccc1)C(=O)CO2. The van der Waals surface area contributed by atoms with Gasteiger partial charge in [-0.2, -0.15) is 0 Å². The van der Waals surface area contributed by atoms with Crippen LogP contribution in [0, 0.1) is 0 Å². The van der Waals surface area contributed by atoms with Crippen molar-refractivity contribution in [2.75, 3.05) is 16.8 Å². The van der Waals surface area contributed by atoms with Crippen molar-refractivity contribution in [3.63, 3.8) is 0 Å². The van der Waals surface area contributed by atoms with E-state index < -0.39 is 0 Å². The second-order valence-corrected chi connectivity index (χ2v) is 6.67. The molecule has 0 unspecified atom stereocenters. The number of anilines is 2. The molecular formula is C24H20N2O3. The Kier molecular flexibility index (Phi) is 5.38. The van der Waals surface area contributed by atoms with E-state index in [0.717, 1.165) is 11.1 Å². The van der Waals surface area contributed by atoms with Gasteiger partial charge in [-0.25, -0.2) is 0 Å². The summed E-state index contributed by atoms with van der Waals surface area (Å²) < 4.78 is 5.55. The van der Waals surface area contributed by atoms with Crippen molar-refractivity contribution in [3.05, 3.63) is 96.1 Å². The van der Waals surface area contributed by atoms with Gasteiger partial charge < -0.3 is 15.0 Å². The van der Waals surface area contributed by atoms with Crippen LogP contribution in [0.4, 0.5) is 11.4 Å². The van der Waals surface area contributed by atoms with Gasteiger partial charge in [0.2, 0.25) is 5.91 Å². The van der Waals surface area contributed by atoms with Crippen molar-refractivity contribution in [2.45, 2.75) is 6.54 Å². The zero-order valence-electron chi connectivity index (χ0n) is 15.7. The molecule has 0 saturated heterocycles. The quantitative estimate of drug-likeness (QED) is 0.669. The van der Waals surface area contributed by atoms with E-state index in [0.29, 0.717) is 23.7 Å². The Morgan fingerprint density at radius 1 is 1.00 bits per heavy atom. The van der Waals surface area contributed by atoms with E-state index in [2.05, 4.69) is 5.32 Å². The van der Waals surface area contributed by atoms with Crippen molar-refractivity contribution in [1.82, 2.24) is 0 Å². The van der Waals surface area contributed by atoms with Crippen LogP contribution in [0.15, 0.2) is 84.9 Å². The summed E-state index contributed by atoms with van der Waals surface area (Å²) in [6.07, 6.45) is 3.24. The van der Waals surface area contributed by atoms with Gasteiger partial charge in [-0.1, -0.05) is 60.7 Å². The van der Waals surface area contributed by atoms with Crippen molar-refractivity contribution in [2.24, 2.45) is 0 Å². The lowest BCUT2D eigenvalue weighted by molar-refractivity contribution is -0.121. The monoisotopic (exact) mass is 384 g/mol. The number of carbonyl (C=O) groups excluding carboxylic acids is 2. The first-order chi connectivity index (χ1) is 14.2. The van der Waals surface area contributed by atoms with Crippen molar-refractivity contribution in [1.29, 1.82) is 0 Å². The number of hydrogen-bond donors (Lipinski definition) is 1. The number of fused-ring (bicyclic) bond motifs is 1. The maximum absolute atomic E-state index is 12.5. The van der Waals surface area contributed by atoms with Crippen molar-refractivity contribution >= 4 is 29.3 Å². The number of amides is 2. The lowest BCUT2D eigenvalue weighted by Gasteiger charge is -2.30. The Balaban J connectivity index is 1.52. The lowest BCUT2D eigenvalue weighted by Crippen LogP contribution is -2.38. The van der Waals surface area contributed by atoms with E-state index in [-0.39, 0.29) is 18.4 Å². The zero-order chi connectivity index (χ0) is 20.1. The highest BCUT2D eigenvalue weighted by atomic mass is 16.5. The molecule has 5 nitrogen and oxygen atoms in total. The van der Waals surface area contributed by atoms with Crippen LogP contribution in [0.5, 0.6) is 5.75 Å². The fraction of sp³-hybridized carbons (Fsp3) is 0.0833. The highest BCUT2D eigenvalue weighted by Crippen LogP contribution is 2.35. The Labute approximate surface area is 169 Å². The Morgan fingerprint density at radius 3 is 2.48 bits per heavy atom. The normalized spacial score (nSPS) is 13.1. The highest BCUT2D eigenvalue weighted by Gasteiger charge is 2.26. The van der Waals surface area contributed by atoms with Crippen LogP contribution in [-0.2, 0) is 16.1 Å². The maximum atomic E-state index is 12.5. The fourth-order valence-electron chi connectivity index (χ4n) is 3.14. The van der Waals surface area contributed by atoms with Gasteiger partial charge >= 0.3 is 0 Å². The summed E-state index contributed by atoms with van der Waals surface area (Å²) in [5.74, 6) is 0.263. The van der Waals surface area contributed by atoms with Crippen LogP contribution in [0.1, 0.15) is 11.1 Å². The lowest BCUT2D eigenvalue weighted by atomic mass is 10.1. The molecule has 3 aromatic carbocycles. The van der Waals surface area contributed by atoms with Gasteiger partial charge in [-0.15, -0.1) is 0 Å². The number of benzene rings is 3. The van der Waals surface area contributed by atoms with E-state index in [1.54, 1.807) is 29.2 Å². The minimum atomic E-state index is -0.244.